The van der Waals surface area contributed by atoms with Gasteiger partial charge in [-0.05, 0) is 65.4 Å². The van der Waals surface area contributed by atoms with E-state index in [2.05, 4.69) is 66.5 Å². The Morgan fingerprint density at radius 2 is 1.97 bits per heavy atom. The van der Waals surface area contributed by atoms with Crippen LogP contribution in [0, 0.1) is 17.8 Å². The second-order valence-corrected chi connectivity index (χ2v) is 8.77. The average Bonchev–Trinajstić information content (AvgIpc) is 3.20. The number of halogens is 1. The van der Waals surface area contributed by atoms with Crippen molar-refractivity contribution in [3.63, 3.8) is 0 Å². The fourth-order valence-corrected chi connectivity index (χ4v) is 4.34. The Bertz CT molecular complexity index is 1290. The van der Waals surface area contributed by atoms with Gasteiger partial charge in [0.25, 0.3) is 0 Å². The van der Waals surface area contributed by atoms with Crippen LogP contribution in [-0.4, -0.2) is 19.5 Å². The zero-order valence-electron chi connectivity index (χ0n) is 17.5. The SMILES string of the molecule is C#CC(CC)(CCc1ccc2cc(Br)c(N)nc2c1)CCn1ccc2c(N)ncnc21. The van der Waals surface area contributed by atoms with Crippen LogP contribution >= 0.6 is 15.9 Å². The minimum absolute atomic E-state index is 0.198. The van der Waals surface area contributed by atoms with Crippen LogP contribution in [0.4, 0.5) is 11.6 Å². The van der Waals surface area contributed by atoms with Crippen molar-refractivity contribution in [3.05, 3.63) is 52.9 Å². The molecule has 3 aromatic heterocycles. The number of benzene rings is 1. The molecule has 0 radical (unpaired) electrons. The van der Waals surface area contributed by atoms with Gasteiger partial charge in [0, 0.05) is 23.5 Å². The number of hydrogen-bond acceptors (Lipinski definition) is 5. The number of aromatic nitrogens is 4. The number of terminal acetylenes is 1. The summed E-state index contributed by atoms with van der Waals surface area (Å²) in [6.07, 6.45) is 13.1. The molecule has 0 saturated carbocycles. The molecule has 1 aromatic carbocycles. The van der Waals surface area contributed by atoms with Gasteiger partial charge in [-0.25, -0.2) is 15.0 Å². The van der Waals surface area contributed by atoms with Crippen LogP contribution in [0.1, 0.15) is 31.7 Å². The predicted octanol–water partition coefficient (Wildman–Crippen LogP) is 4.96. The Morgan fingerprint density at radius 1 is 1.13 bits per heavy atom. The van der Waals surface area contributed by atoms with Crippen molar-refractivity contribution in [1.29, 1.82) is 0 Å². The van der Waals surface area contributed by atoms with Crippen molar-refractivity contribution >= 4 is 49.5 Å². The third-order valence-electron chi connectivity index (χ3n) is 6.16. The second-order valence-electron chi connectivity index (χ2n) is 7.92. The summed E-state index contributed by atoms with van der Waals surface area (Å²) in [5, 5.41) is 1.93. The molecule has 4 aromatic rings. The molecule has 0 saturated heterocycles. The largest absolute Gasteiger partial charge is 0.383 e. The lowest BCUT2D eigenvalue weighted by Crippen LogP contribution is -2.21. The molecule has 7 heteroatoms. The number of hydrogen-bond donors (Lipinski definition) is 2. The molecule has 0 aliphatic heterocycles. The van der Waals surface area contributed by atoms with E-state index < -0.39 is 0 Å². The number of aryl methyl sites for hydroxylation is 2. The van der Waals surface area contributed by atoms with Gasteiger partial charge in [-0.3, -0.25) is 0 Å². The van der Waals surface area contributed by atoms with Crippen LogP contribution in [0.15, 0.2) is 47.3 Å². The first kappa shape index (κ1) is 21.1. The first-order chi connectivity index (χ1) is 14.9. The van der Waals surface area contributed by atoms with Gasteiger partial charge in [0.15, 0.2) is 0 Å². The molecular formula is C24H25BrN6. The quantitative estimate of drug-likeness (QED) is 0.367. The summed E-state index contributed by atoms with van der Waals surface area (Å²) in [6.45, 7) is 2.94. The van der Waals surface area contributed by atoms with Gasteiger partial charge in [-0.15, -0.1) is 6.42 Å². The zero-order chi connectivity index (χ0) is 22.0. The lowest BCUT2D eigenvalue weighted by atomic mass is 9.77. The van der Waals surface area contributed by atoms with Gasteiger partial charge in [0.05, 0.1) is 15.4 Å². The van der Waals surface area contributed by atoms with Crippen LogP contribution in [0.25, 0.3) is 21.9 Å². The van der Waals surface area contributed by atoms with Crippen molar-refractivity contribution in [3.8, 4) is 12.3 Å². The predicted molar refractivity (Wildman–Crippen MR) is 130 cm³/mol. The lowest BCUT2D eigenvalue weighted by Gasteiger charge is -2.27. The number of pyridine rings is 1. The lowest BCUT2D eigenvalue weighted by molar-refractivity contribution is 0.309. The van der Waals surface area contributed by atoms with Gasteiger partial charge < -0.3 is 16.0 Å². The first-order valence-electron chi connectivity index (χ1n) is 10.3. The number of nitrogen functional groups attached to an aromatic ring is 2. The topological polar surface area (TPSA) is 95.6 Å². The molecule has 0 aliphatic carbocycles. The van der Waals surface area contributed by atoms with Gasteiger partial charge in [-0.1, -0.05) is 25.0 Å². The highest BCUT2D eigenvalue weighted by atomic mass is 79.9. The molecule has 31 heavy (non-hydrogen) atoms. The molecule has 0 fully saturated rings. The van der Waals surface area contributed by atoms with E-state index in [4.69, 9.17) is 17.9 Å². The molecular weight excluding hydrogens is 452 g/mol. The highest BCUT2D eigenvalue weighted by Gasteiger charge is 2.25. The van der Waals surface area contributed by atoms with Crippen LogP contribution in [0.3, 0.4) is 0 Å². The standard InChI is InChI=1S/C24H25BrN6/c1-3-24(4-2,10-12-31-11-8-18-21(26)28-15-29-23(18)31)9-7-16-5-6-17-14-19(25)22(27)30-20(17)13-16/h1,5-6,8,11,13-15H,4,7,9-10,12H2,2H3,(H2,27,30)(H2,26,28,29). The van der Waals surface area contributed by atoms with E-state index in [-0.39, 0.29) is 5.41 Å². The Balaban J connectivity index is 1.50. The van der Waals surface area contributed by atoms with Crippen molar-refractivity contribution in [2.75, 3.05) is 11.5 Å². The maximum atomic E-state index is 6.05. The molecule has 0 amide bonds. The highest BCUT2D eigenvalue weighted by Crippen LogP contribution is 2.33. The summed E-state index contributed by atoms with van der Waals surface area (Å²) in [5.74, 6) is 4.10. The molecule has 0 aliphatic rings. The van der Waals surface area contributed by atoms with E-state index in [0.29, 0.717) is 11.6 Å². The number of anilines is 2. The first-order valence-corrected chi connectivity index (χ1v) is 11.1. The molecule has 4 N–H and O–H groups in total. The Labute approximate surface area is 190 Å². The van der Waals surface area contributed by atoms with E-state index in [1.165, 1.54) is 11.9 Å². The molecule has 1 unspecified atom stereocenters. The zero-order valence-corrected chi connectivity index (χ0v) is 19.1. The molecule has 3 heterocycles. The maximum absolute atomic E-state index is 6.05. The number of rotatable bonds is 7. The number of nitrogens with zero attached hydrogens (tertiary/aromatic N) is 4. The molecule has 158 valence electrons. The van der Waals surface area contributed by atoms with Crippen LogP contribution < -0.4 is 11.5 Å². The van der Waals surface area contributed by atoms with Gasteiger partial charge in [-0.2, -0.15) is 0 Å². The molecule has 0 bridgehead atoms. The molecule has 6 nitrogen and oxygen atoms in total. The van der Waals surface area contributed by atoms with Gasteiger partial charge in [0.2, 0.25) is 0 Å². The molecule has 0 spiro atoms. The Morgan fingerprint density at radius 3 is 2.74 bits per heavy atom. The van der Waals surface area contributed by atoms with Crippen molar-refractivity contribution in [2.45, 2.75) is 39.2 Å². The van der Waals surface area contributed by atoms with Gasteiger partial charge in [0.1, 0.15) is 23.6 Å². The maximum Gasteiger partial charge on any atom is 0.145 e. The van der Waals surface area contributed by atoms with Crippen molar-refractivity contribution in [2.24, 2.45) is 5.41 Å². The summed E-state index contributed by atoms with van der Waals surface area (Å²) in [6, 6.07) is 10.3. The summed E-state index contributed by atoms with van der Waals surface area (Å²) < 4.78 is 2.92. The Hall–Kier alpha value is -3.11. The van der Waals surface area contributed by atoms with E-state index in [9.17, 15) is 0 Å². The van der Waals surface area contributed by atoms with E-state index in [1.54, 1.807) is 0 Å². The van der Waals surface area contributed by atoms with Crippen molar-refractivity contribution < 1.29 is 0 Å². The average molecular weight is 477 g/mol. The fraction of sp³-hybridized carbons (Fsp3) is 0.292. The van der Waals surface area contributed by atoms with Crippen LogP contribution in [0.2, 0.25) is 0 Å². The van der Waals surface area contributed by atoms with Crippen LogP contribution in [0.5, 0.6) is 0 Å². The summed E-state index contributed by atoms with van der Waals surface area (Å²) in [5.41, 5.74) is 14.7. The monoisotopic (exact) mass is 476 g/mol. The van der Waals surface area contributed by atoms with Gasteiger partial charge >= 0.3 is 0 Å². The fourth-order valence-electron chi connectivity index (χ4n) is 4.00. The third-order valence-corrected chi connectivity index (χ3v) is 6.79. The normalized spacial score (nSPS) is 13.3. The van der Waals surface area contributed by atoms with E-state index in [1.807, 2.05) is 18.3 Å². The minimum Gasteiger partial charge on any atom is -0.383 e. The summed E-state index contributed by atoms with van der Waals surface area (Å²) >= 11 is 3.44. The van der Waals surface area contributed by atoms with Crippen LogP contribution in [-0.2, 0) is 13.0 Å². The van der Waals surface area contributed by atoms with E-state index in [0.717, 1.165) is 58.6 Å². The summed E-state index contributed by atoms with van der Waals surface area (Å²) in [4.78, 5) is 12.9. The number of fused-ring (bicyclic) bond motifs is 2. The Kier molecular flexibility index (Phi) is 5.84. The van der Waals surface area contributed by atoms with E-state index >= 15 is 0 Å². The molecule has 1 atom stereocenters. The number of nitrogens with two attached hydrogens (primary N) is 2. The highest BCUT2D eigenvalue weighted by molar-refractivity contribution is 9.10. The van der Waals surface area contributed by atoms with Crippen molar-refractivity contribution in [1.82, 2.24) is 19.5 Å². The second kappa shape index (κ2) is 8.56. The third kappa shape index (κ3) is 4.21. The molecule has 4 rings (SSSR count). The summed E-state index contributed by atoms with van der Waals surface area (Å²) in [7, 11) is 0. The smallest absolute Gasteiger partial charge is 0.145 e. The minimum atomic E-state index is -0.198.